The summed E-state index contributed by atoms with van der Waals surface area (Å²) >= 11 is 0. The molecule has 0 amide bonds. The molecule has 1 unspecified atom stereocenters. The van der Waals surface area contributed by atoms with Crippen molar-refractivity contribution < 1.29 is 26.3 Å². The van der Waals surface area contributed by atoms with E-state index < -0.39 is 23.5 Å². The van der Waals surface area contributed by atoms with E-state index in [-0.39, 0.29) is 45.9 Å². The van der Waals surface area contributed by atoms with Gasteiger partial charge in [-0.3, -0.25) is 5.41 Å². The molecule has 3 N–H and O–H groups in total. The van der Waals surface area contributed by atoms with Crippen LogP contribution in [-0.2, 0) is 12.4 Å². The lowest BCUT2D eigenvalue weighted by Gasteiger charge is -2.19. The molecule has 0 fully saturated rings. The standard InChI is InChI=1S/C25H21F6N3.C2H6/c1-3-4-12(2)13-5-6-14-10-19-21(23(33)34-22(19)32)20(18(14)9-13)15-7-16(24(26,27)28)11-17(8-15)25(29,30)31;1-2/h5-12H,3-4H2,1-2H3,(H3,32,33,34);1-2H3. The normalized spacial score (nSPS) is 14.3. The Morgan fingerprint density at radius 3 is 2.00 bits per heavy atom. The minimum Gasteiger partial charge on any atom is -0.383 e. The van der Waals surface area contributed by atoms with Crippen molar-refractivity contribution in [2.45, 2.75) is 58.8 Å². The van der Waals surface area contributed by atoms with Crippen LogP contribution in [0.25, 0.3) is 21.9 Å². The lowest BCUT2D eigenvalue weighted by atomic mass is 9.86. The molecule has 1 aliphatic heterocycles. The van der Waals surface area contributed by atoms with Crippen LogP contribution in [0.2, 0.25) is 0 Å². The number of benzene rings is 3. The highest BCUT2D eigenvalue weighted by Gasteiger charge is 2.38. The molecular formula is C27H27F6N3. The average molecular weight is 508 g/mol. The molecule has 0 aromatic heterocycles. The molecule has 1 aliphatic rings. The summed E-state index contributed by atoms with van der Waals surface area (Å²) in [6.45, 7) is 8.04. The van der Waals surface area contributed by atoms with Crippen LogP contribution < -0.4 is 5.73 Å². The highest BCUT2D eigenvalue weighted by atomic mass is 19.4. The third-order valence-corrected chi connectivity index (χ3v) is 6.08. The Morgan fingerprint density at radius 2 is 1.47 bits per heavy atom. The predicted molar refractivity (Wildman–Crippen MR) is 132 cm³/mol. The number of nitrogens with one attached hydrogen (secondary N) is 1. The van der Waals surface area contributed by atoms with E-state index in [4.69, 9.17) is 11.1 Å². The molecule has 0 bridgehead atoms. The first-order valence-corrected chi connectivity index (χ1v) is 11.6. The number of nitrogens with zero attached hydrogens (tertiary/aromatic N) is 1. The highest BCUT2D eigenvalue weighted by Crippen LogP contribution is 2.43. The van der Waals surface area contributed by atoms with Crippen molar-refractivity contribution in [3.8, 4) is 11.1 Å². The Bertz CT molecular complexity index is 1300. The minimum atomic E-state index is -4.99. The average Bonchev–Trinajstić information content (AvgIpc) is 3.10. The van der Waals surface area contributed by atoms with Gasteiger partial charge in [0, 0.05) is 16.7 Å². The monoisotopic (exact) mass is 507 g/mol. The number of fused-ring (bicyclic) bond motifs is 2. The van der Waals surface area contributed by atoms with Gasteiger partial charge in [-0.05, 0) is 58.5 Å². The molecular weight excluding hydrogens is 480 g/mol. The summed E-state index contributed by atoms with van der Waals surface area (Å²) in [5.41, 5.74) is 4.36. The second-order valence-corrected chi connectivity index (χ2v) is 8.48. The smallest absolute Gasteiger partial charge is 0.383 e. The van der Waals surface area contributed by atoms with Crippen LogP contribution in [0.3, 0.4) is 0 Å². The van der Waals surface area contributed by atoms with E-state index in [9.17, 15) is 26.3 Å². The maximum absolute atomic E-state index is 13.6. The van der Waals surface area contributed by atoms with Gasteiger partial charge in [-0.15, -0.1) is 0 Å². The number of rotatable bonds is 4. The molecule has 0 spiro atoms. The van der Waals surface area contributed by atoms with Crippen LogP contribution >= 0.6 is 0 Å². The Labute approximate surface area is 205 Å². The molecule has 1 atom stereocenters. The fraction of sp³-hybridized carbons (Fsp3) is 0.333. The Hall–Kier alpha value is -3.36. The van der Waals surface area contributed by atoms with Gasteiger partial charge in [0.05, 0.1) is 11.1 Å². The van der Waals surface area contributed by atoms with Gasteiger partial charge in [0.1, 0.15) is 5.84 Å². The summed E-state index contributed by atoms with van der Waals surface area (Å²) in [4.78, 5) is 3.93. The van der Waals surface area contributed by atoms with Crippen LogP contribution in [0, 0.1) is 5.41 Å². The van der Waals surface area contributed by atoms with Gasteiger partial charge in [0.25, 0.3) is 0 Å². The fourth-order valence-electron chi connectivity index (χ4n) is 4.41. The lowest BCUT2D eigenvalue weighted by Crippen LogP contribution is -2.14. The number of aliphatic imine (C=N–C) groups is 1. The summed E-state index contributed by atoms with van der Waals surface area (Å²) in [7, 11) is 0. The number of halogens is 6. The number of hydrogen-bond acceptors (Lipinski definition) is 2. The third kappa shape index (κ3) is 5.10. The van der Waals surface area contributed by atoms with E-state index in [0.29, 0.717) is 22.9 Å². The number of hydrogen-bond donors (Lipinski definition) is 2. The maximum Gasteiger partial charge on any atom is 0.416 e. The van der Waals surface area contributed by atoms with Gasteiger partial charge in [-0.1, -0.05) is 52.3 Å². The molecule has 0 saturated carbocycles. The van der Waals surface area contributed by atoms with Crippen molar-refractivity contribution in [2.75, 3.05) is 0 Å². The minimum absolute atomic E-state index is 0.100. The topological polar surface area (TPSA) is 62.2 Å². The summed E-state index contributed by atoms with van der Waals surface area (Å²) < 4.78 is 81.5. The van der Waals surface area contributed by atoms with E-state index in [2.05, 4.69) is 4.99 Å². The second-order valence-electron chi connectivity index (χ2n) is 8.48. The Morgan fingerprint density at radius 1 is 0.889 bits per heavy atom. The van der Waals surface area contributed by atoms with Crippen LogP contribution in [-0.4, -0.2) is 11.7 Å². The largest absolute Gasteiger partial charge is 0.416 e. The molecule has 0 aliphatic carbocycles. The van der Waals surface area contributed by atoms with Gasteiger partial charge < -0.3 is 5.73 Å². The van der Waals surface area contributed by atoms with Crippen LogP contribution in [0.1, 0.15) is 74.3 Å². The van der Waals surface area contributed by atoms with Crippen molar-refractivity contribution in [3.05, 3.63) is 70.3 Å². The van der Waals surface area contributed by atoms with E-state index >= 15 is 0 Å². The molecule has 3 aromatic rings. The maximum atomic E-state index is 13.6. The molecule has 3 nitrogen and oxygen atoms in total. The molecule has 0 radical (unpaired) electrons. The van der Waals surface area contributed by atoms with Crippen LogP contribution in [0.15, 0.2) is 47.5 Å². The van der Waals surface area contributed by atoms with Gasteiger partial charge in [0.2, 0.25) is 0 Å². The summed E-state index contributed by atoms with van der Waals surface area (Å²) in [6.07, 6.45) is -8.20. The SMILES string of the molecule is CC.CCCC(C)c1ccc2cc3c(c(-c4cc(C(F)(F)F)cc(C(F)(F)F)c4)c2c1)C(N)=NC3=N. The van der Waals surface area contributed by atoms with Gasteiger partial charge in [0.15, 0.2) is 5.84 Å². The Kier molecular flexibility index (Phi) is 7.53. The van der Waals surface area contributed by atoms with Gasteiger partial charge in [-0.2, -0.15) is 26.3 Å². The van der Waals surface area contributed by atoms with Crippen molar-refractivity contribution in [1.82, 2.24) is 0 Å². The zero-order valence-electron chi connectivity index (χ0n) is 20.3. The van der Waals surface area contributed by atoms with E-state index in [1.165, 1.54) is 0 Å². The molecule has 36 heavy (non-hydrogen) atoms. The quantitative estimate of drug-likeness (QED) is 0.342. The van der Waals surface area contributed by atoms with Crippen molar-refractivity contribution >= 4 is 22.4 Å². The second kappa shape index (κ2) is 9.95. The van der Waals surface area contributed by atoms with Crippen LogP contribution in [0.5, 0.6) is 0 Å². The summed E-state index contributed by atoms with van der Waals surface area (Å²) in [6, 6.07) is 8.57. The van der Waals surface area contributed by atoms with Crippen molar-refractivity contribution in [3.63, 3.8) is 0 Å². The third-order valence-electron chi connectivity index (χ3n) is 6.08. The number of nitrogens with two attached hydrogens (primary N) is 1. The predicted octanol–water partition coefficient (Wildman–Crippen LogP) is 8.52. The first-order chi connectivity index (χ1) is 16.8. The van der Waals surface area contributed by atoms with Gasteiger partial charge >= 0.3 is 12.4 Å². The first-order valence-electron chi connectivity index (χ1n) is 11.6. The van der Waals surface area contributed by atoms with E-state index in [0.717, 1.165) is 18.4 Å². The molecule has 3 aromatic carbocycles. The molecule has 192 valence electrons. The Balaban J connectivity index is 0.00000176. The lowest BCUT2D eigenvalue weighted by molar-refractivity contribution is -0.143. The number of alkyl halides is 6. The summed E-state index contributed by atoms with van der Waals surface area (Å²) in [5, 5.41) is 9.15. The molecule has 4 rings (SSSR count). The molecule has 9 heteroatoms. The van der Waals surface area contributed by atoms with E-state index in [1.54, 1.807) is 18.2 Å². The van der Waals surface area contributed by atoms with Crippen LogP contribution in [0.4, 0.5) is 26.3 Å². The fourth-order valence-corrected chi connectivity index (χ4v) is 4.41. The van der Waals surface area contributed by atoms with Gasteiger partial charge in [-0.25, -0.2) is 4.99 Å². The highest BCUT2D eigenvalue weighted by molar-refractivity contribution is 6.27. The number of amidine groups is 2. The zero-order valence-corrected chi connectivity index (χ0v) is 20.3. The molecule has 0 saturated heterocycles. The summed E-state index contributed by atoms with van der Waals surface area (Å²) in [5.74, 6) is -0.177. The van der Waals surface area contributed by atoms with Crippen molar-refractivity contribution in [1.29, 1.82) is 5.41 Å². The molecule has 1 heterocycles. The van der Waals surface area contributed by atoms with E-state index in [1.807, 2.05) is 33.8 Å². The van der Waals surface area contributed by atoms with Crippen molar-refractivity contribution in [2.24, 2.45) is 10.7 Å². The zero-order chi connectivity index (χ0) is 27.0. The first kappa shape index (κ1) is 27.2.